The number of amides is 3. The number of ether oxygens (including phenoxy) is 2. The number of hydrogen-bond donors (Lipinski definition) is 2. The van der Waals surface area contributed by atoms with Gasteiger partial charge in [-0.05, 0) is 125 Å². The average Bonchev–Trinajstić information content (AvgIpc) is 3.80. The third-order valence-corrected chi connectivity index (χ3v) is 11.2. The zero-order valence-electron chi connectivity index (χ0n) is 34.5. The maximum atomic E-state index is 13.5. The van der Waals surface area contributed by atoms with Gasteiger partial charge in [0.2, 0.25) is 11.8 Å². The molecule has 0 saturated heterocycles. The number of rotatable bonds is 19. The van der Waals surface area contributed by atoms with Crippen molar-refractivity contribution in [2.45, 2.75) is 116 Å². The molecular weight excluding hydrogens is 750 g/mol. The van der Waals surface area contributed by atoms with E-state index in [9.17, 15) is 26.7 Å². The summed E-state index contributed by atoms with van der Waals surface area (Å²) in [5.41, 5.74) is 1.61. The SMILES string of the molecule is C=CCC[C@H]1C(COC(=O)NCC(C)(C)OCCC(C)(C)NC(=O)CCC(=O)N2CCC(C)(C)c3cc(C#Cc4ccc(OS(=O)(=O)F)cc4)ccc32)[C@H]1CCC. The maximum Gasteiger partial charge on any atom is 0.488 e. The molecule has 0 bridgehead atoms. The normalized spacial score (nSPS) is 18.7. The summed E-state index contributed by atoms with van der Waals surface area (Å²) in [5.74, 6) is 7.24. The van der Waals surface area contributed by atoms with E-state index in [1.807, 2.05) is 52.0 Å². The molecule has 312 valence electrons. The van der Waals surface area contributed by atoms with Crippen LogP contribution in [0.1, 0.15) is 117 Å². The number of fused-ring (bicyclic) bond motifs is 1. The molecule has 1 saturated carbocycles. The van der Waals surface area contributed by atoms with Crippen LogP contribution in [0.3, 0.4) is 0 Å². The van der Waals surface area contributed by atoms with Crippen molar-refractivity contribution in [3.8, 4) is 17.6 Å². The number of nitrogens with zero attached hydrogens (tertiary/aromatic N) is 1. The van der Waals surface area contributed by atoms with Gasteiger partial charge in [0, 0.05) is 54.9 Å². The molecule has 13 heteroatoms. The molecule has 4 rings (SSSR count). The monoisotopic (exact) mass is 809 g/mol. The lowest BCUT2D eigenvalue weighted by molar-refractivity contribution is -0.126. The van der Waals surface area contributed by atoms with Gasteiger partial charge in [-0.15, -0.1) is 6.58 Å². The summed E-state index contributed by atoms with van der Waals surface area (Å²) in [6, 6.07) is 11.4. The van der Waals surface area contributed by atoms with Crippen molar-refractivity contribution in [1.29, 1.82) is 0 Å². The van der Waals surface area contributed by atoms with Crippen LogP contribution in [0.25, 0.3) is 0 Å². The van der Waals surface area contributed by atoms with Gasteiger partial charge >= 0.3 is 16.6 Å². The Morgan fingerprint density at radius 1 is 1.00 bits per heavy atom. The molecule has 2 N–H and O–H groups in total. The first-order valence-electron chi connectivity index (χ1n) is 19.9. The Morgan fingerprint density at radius 2 is 1.67 bits per heavy atom. The zero-order valence-corrected chi connectivity index (χ0v) is 35.4. The highest BCUT2D eigenvalue weighted by Gasteiger charge is 2.48. The van der Waals surface area contributed by atoms with Gasteiger partial charge in [0.25, 0.3) is 0 Å². The molecule has 2 aliphatic rings. The minimum atomic E-state index is -5.11. The van der Waals surface area contributed by atoms with Gasteiger partial charge in [-0.3, -0.25) is 9.59 Å². The standard InChI is InChI=1S/C44H60FN3O8S/c1-9-11-13-35-34(12-10-2)36(35)29-54-41(51)46-30-44(7,8)55-27-25-43(5,6)47-39(49)22-23-40(50)48-26-24-42(3,4)37-28-32(18-21-38(37)48)15-14-31-16-19-33(20-17-31)56-57(45,52)53/h9,16-21,28,34-36H,1,10-13,22-27,29-30H2,2-8H3,(H,46,51)(H,47,49)/t34-,35+,36?/m0/s1. The van der Waals surface area contributed by atoms with Gasteiger partial charge in [-0.2, -0.15) is 8.42 Å². The lowest BCUT2D eigenvalue weighted by Crippen LogP contribution is -2.46. The summed E-state index contributed by atoms with van der Waals surface area (Å²) in [6.45, 7) is 19.4. The topological polar surface area (TPSA) is 140 Å². The Kier molecular flexibility index (Phi) is 15.4. The molecule has 2 aromatic carbocycles. The van der Waals surface area contributed by atoms with Gasteiger partial charge in [0.05, 0.1) is 12.2 Å². The quantitative estimate of drug-likeness (QED) is 0.0830. The molecular formula is C44H60FN3O8S. The van der Waals surface area contributed by atoms with E-state index in [2.05, 4.69) is 54.0 Å². The van der Waals surface area contributed by atoms with Crippen molar-refractivity contribution in [3.05, 3.63) is 71.8 Å². The van der Waals surface area contributed by atoms with Crippen molar-refractivity contribution >= 4 is 34.1 Å². The smallest absolute Gasteiger partial charge is 0.449 e. The van der Waals surface area contributed by atoms with Gasteiger partial charge in [0.1, 0.15) is 5.75 Å². The van der Waals surface area contributed by atoms with E-state index in [-0.39, 0.29) is 42.4 Å². The molecule has 1 fully saturated rings. The number of benzene rings is 2. The number of anilines is 1. The fraction of sp³-hybridized carbons (Fsp3) is 0.568. The molecule has 1 aliphatic carbocycles. The number of carbonyl (C=O) groups is 3. The molecule has 0 aromatic heterocycles. The summed E-state index contributed by atoms with van der Waals surface area (Å²) in [4.78, 5) is 40.7. The van der Waals surface area contributed by atoms with Crippen LogP contribution >= 0.6 is 0 Å². The number of halogens is 1. The molecule has 2 aromatic rings. The molecule has 0 spiro atoms. The van der Waals surface area contributed by atoms with E-state index in [0.29, 0.717) is 49.5 Å². The van der Waals surface area contributed by atoms with E-state index in [0.717, 1.165) is 48.9 Å². The second kappa shape index (κ2) is 19.4. The number of carbonyl (C=O) groups excluding carboxylic acids is 3. The van der Waals surface area contributed by atoms with E-state index in [1.165, 1.54) is 24.3 Å². The van der Waals surface area contributed by atoms with Gasteiger partial charge in [-0.1, -0.05) is 55.4 Å². The first-order valence-corrected chi connectivity index (χ1v) is 21.2. The van der Waals surface area contributed by atoms with Crippen molar-refractivity contribution in [1.82, 2.24) is 10.6 Å². The van der Waals surface area contributed by atoms with Crippen LogP contribution in [0.15, 0.2) is 55.1 Å². The van der Waals surface area contributed by atoms with Crippen LogP contribution < -0.4 is 19.7 Å². The van der Waals surface area contributed by atoms with Gasteiger partial charge < -0.3 is 29.2 Å². The van der Waals surface area contributed by atoms with Crippen molar-refractivity contribution < 1.29 is 40.3 Å². The number of alkyl carbamates (subject to hydrolysis) is 1. The molecule has 3 amide bonds. The van der Waals surface area contributed by atoms with E-state index in [4.69, 9.17) is 9.47 Å². The van der Waals surface area contributed by atoms with Crippen LogP contribution in [0.5, 0.6) is 5.75 Å². The van der Waals surface area contributed by atoms with E-state index >= 15 is 0 Å². The van der Waals surface area contributed by atoms with Crippen LogP contribution in [-0.2, 0) is 35.0 Å². The fourth-order valence-corrected chi connectivity index (χ4v) is 7.76. The molecule has 3 atom stereocenters. The zero-order chi connectivity index (χ0) is 42.0. The Morgan fingerprint density at radius 3 is 2.33 bits per heavy atom. The molecule has 0 radical (unpaired) electrons. The number of allylic oxidation sites excluding steroid dienone is 1. The molecule has 1 unspecified atom stereocenters. The molecule has 57 heavy (non-hydrogen) atoms. The molecule has 1 aliphatic heterocycles. The Balaban J connectivity index is 1.21. The highest BCUT2D eigenvalue weighted by atomic mass is 32.3. The third-order valence-electron chi connectivity index (χ3n) is 10.8. The number of nitrogens with one attached hydrogen (secondary N) is 2. The summed E-state index contributed by atoms with van der Waals surface area (Å²) >= 11 is 0. The highest BCUT2D eigenvalue weighted by molar-refractivity contribution is 7.81. The lowest BCUT2D eigenvalue weighted by Gasteiger charge is -2.39. The predicted molar refractivity (Wildman–Crippen MR) is 220 cm³/mol. The van der Waals surface area contributed by atoms with Gasteiger partial charge in [-0.25, -0.2) is 4.79 Å². The Hall–Kier alpha value is -4.41. The Bertz CT molecular complexity index is 1920. The van der Waals surface area contributed by atoms with E-state index < -0.39 is 27.7 Å². The second-order valence-electron chi connectivity index (χ2n) is 17.1. The summed E-state index contributed by atoms with van der Waals surface area (Å²) in [5, 5.41) is 5.88. The first-order chi connectivity index (χ1) is 26.7. The van der Waals surface area contributed by atoms with Crippen LogP contribution in [0, 0.1) is 29.6 Å². The molecule has 1 heterocycles. The summed E-state index contributed by atoms with van der Waals surface area (Å²) in [7, 11) is -5.11. The molecule has 11 nitrogen and oxygen atoms in total. The minimum absolute atomic E-state index is 0.0373. The summed E-state index contributed by atoms with van der Waals surface area (Å²) < 4.78 is 50.1. The summed E-state index contributed by atoms with van der Waals surface area (Å²) in [6.07, 6.45) is 7.20. The van der Waals surface area contributed by atoms with Crippen molar-refractivity contribution in [2.24, 2.45) is 17.8 Å². The third kappa shape index (κ3) is 14.2. The second-order valence-corrected chi connectivity index (χ2v) is 18.0. The average molecular weight is 810 g/mol. The minimum Gasteiger partial charge on any atom is -0.449 e. The van der Waals surface area contributed by atoms with Crippen LogP contribution in [0.4, 0.5) is 14.4 Å². The fourth-order valence-electron chi connectivity index (χ4n) is 7.42. The van der Waals surface area contributed by atoms with Crippen molar-refractivity contribution in [3.63, 3.8) is 0 Å². The largest absolute Gasteiger partial charge is 0.488 e. The van der Waals surface area contributed by atoms with Crippen LogP contribution in [-0.4, -0.2) is 63.8 Å². The van der Waals surface area contributed by atoms with Gasteiger partial charge in [0.15, 0.2) is 0 Å². The Labute approximate surface area is 338 Å². The van der Waals surface area contributed by atoms with E-state index in [1.54, 1.807) is 4.90 Å². The lowest BCUT2D eigenvalue weighted by atomic mass is 9.77. The highest BCUT2D eigenvalue weighted by Crippen LogP contribution is 2.52. The predicted octanol–water partition coefficient (Wildman–Crippen LogP) is 7.91. The first kappa shape index (κ1) is 45.3. The number of hydrogen-bond acceptors (Lipinski definition) is 8. The van der Waals surface area contributed by atoms with Crippen LogP contribution in [0.2, 0.25) is 0 Å². The maximum absolute atomic E-state index is 13.5. The van der Waals surface area contributed by atoms with Crippen molar-refractivity contribution in [2.75, 3.05) is 31.2 Å².